The van der Waals surface area contributed by atoms with Gasteiger partial charge >= 0.3 is 5.76 Å². The Labute approximate surface area is 193 Å². The summed E-state index contributed by atoms with van der Waals surface area (Å²) in [5.41, 5.74) is 1.32. The topological polar surface area (TPSA) is 110 Å². The highest BCUT2D eigenvalue weighted by Gasteiger charge is 2.28. The Hall–Kier alpha value is -2.91. The van der Waals surface area contributed by atoms with Crippen molar-refractivity contribution in [1.29, 1.82) is 0 Å². The standard InChI is InChI=1S/C24H29N3O5S/c1-16-7-6-10-20(17(16)2)26-23(28)15-27-21-12-11-19(13-22(21)32-24(27)29)33(30,31)25-14-18-8-4-3-5-9-18/h3-5,8-9,11-13,16-17,20,25H,6-7,10,14-15H2,1-2H3,(H,26,28)/t16-,17+,20+/m1/s1. The first-order valence-corrected chi connectivity index (χ1v) is 12.7. The largest absolute Gasteiger partial charge is 0.420 e. The number of aromatic nitrogens is 1. The van der Waals surface area contributed by atoms with Crippen molar-refractivity contribution in [2.75, 3.05) is 0 Å². The highest BCUT2D eigenvalue weighted by Crippen LogP contribution is 2.29. The van der Waals surface area contributed by atoms with E-state index in [1.54, 1.807) is 0 Å². The first kappa shape index (κ1) is 23.3. The van der Waals surface area contributed by atoms with Crippen molar-refractivity contribution in [3.8, 4) is 0 Å². The molecule has 0 unspecified atom stereocenters. The maximum Gasteiger partial charge on any atom is 0.420 e. The third-order valence-electron chi connectivity index (χ3n) is 6.61. The minimum absolute atomic E-state index is 0.0127. The highest BCUT2D eigenvalue weighted by atomic mass is 32.2. The lowest BCUT2D eigenvalue weighted by molar-refractivity contribution is -0.123. The van der Waals surface area contributed by atoms with Gasteiger partial charge in [0.15, 0.2) is 5.58 Å². The van der Waals surface area contributed by atoms with E-state index in [1.165, 1.54) is 22.8 Å². The van der Waals surface area contributed by atoms with Gasteiger partial charge in [-0.2, -0.15) is 0 Å². The molecular weight excluding hydrogens is 442 g/mol. The molecule has 8 nitrogen and oxygen atoms in total. The summed E-state index contributed by atoms with van der Waals surface area (Å²) in [6, 6.07) is 13.5. The van der Waals surface area contributed by atoms with Gasteiger partial charge in [-0.25, -0.2) is 17.9 Å². The van der Waals surface area contributed by atoms with Crippen LogP contribution in [0.5, 0.6) is 0 Å². The third-order valence-corrected chi connectivity index (χ3v) is 8.01. The van der Waals surface area contributed by atoms with Crippen LogP contribution in [0.1, 0.15) is 38.7 Å². The maximum atomic E-state index is 12.7. The first-order chi connectivity index (χ1) is 15.7. The van der Waals surface area contributed by atoms with Gasteiger partial charge in [0.2, 0.25) is 15.9 Å². The summed E-state index contributed by atoms with van der Waals surface area (Å²) >= 11 is 0. The normalized spacial score (nSPS) is 21.2. The molecule has 9 heteroatoms. The predicted molar refractivity (Wildman–Crippen MR) is 125 cm³/mol. The lowest BCUT2D eigenvalue weighted by Crippen LogP contribution is -2.45. The Balaban J connectivity index is 1.49. The minimum Gasteiger partial charge on any atom is -0.408 e. The molecule has 0 saturated heterocycles. The van der Waals surface area contributed by atoms with E-state index in [0.717, 1.165) is 24.8 Å². The number of fused-ring (bicyclic) bond motifs is 1. The van der Waals surface area contributed by atoms with Gasteiger partial charge < -0.3 is 9.73 Å². The van der Waals surface area contributed by atoms with Crippen LogP contribution in [-0.2, 0) is 27.9 Å². The zero-order valence-electron chi connectivity index (χ0n) is 18.8. The van der Waals surface area contributed by atoms with E-state index in [2.05, 4.69) is 23.9 Å². The Morgan fingerprint density at radius 3 is 2.64 bits per heavy atom. The fraction of sp³-hybridized carbons (Fsp3) is 0.417. The summed E-state index contributed by atoms with van der Waals surface area (Å²) in [7, 11) is -3.81. The van der Waals surface area contributed by atoms with E-state index in [9.17, 15) is 18.0 Å². The smallest absolute Gasteiger partial charge is 0.408 e. The zero-order valence-corrected chi connectivity index (χ0v) is 19.6. The van der Waals surface area contributed by atoms with Gasteiger partial charge in [-0.15, -0.1) is 0 Å². The van der Waals surface area contributed by atoms with Gasteiger partial charge in [-0.1, -0.05) is 57.0 Å². The molecule has 1 aromatic heterocycles. The Kier molecular flexibility index (Phi) is 6.71. The number of nitrogens with one attached hydrogen (secondary N) is 2. The van der Waals surface area contributed by atoms with Gasteiger partial charge in [-0.3, -0.25) is 9.36 Å². The van der Waals surface area contributed by atoms with E-state index >= 15 is 0 Å². The van der Waals surface area contributed by atoms with Crippen LogP contribution in [0.25, 0.3) is 11.1 Å². The molecule has 2 aromatic carbocycles. The van der Waals surface area contributed by atoms with Crippen LogP contribution in [0, 0.1) is 11.8 Å². The second-order valence-electron chi connectivity index (χ2n) is 8.84. The number of sulfonamides is 1. The summed E-state index contributed by atoms with van der Waals surface area (Å²) in [5.74, 6) is -0.0435. The number of carbonyl (C=O) groups is 1. The van der Waals surface area contributed by atoms with Crippen LogP contribution in [0.3, 0.4) is 0 Å². The molecule has 1 aliphatic carbocycles. The molecule has 1 aliphatic rings. The fourth-order valence-electron chi connectivity index (χ4n) is 4.40. The average Bonchev–Trinajstić information content (AvgIpc) is 3.10. The molecule has 33 heavy (non-hydrogen) atoms. The summed E-state index contributed by atoms with van der Waals surface area (Å²) in [4.78, 5) is 25.0. The Bertz CT molecular complexity index is 1300. The number of rotatable bonds is 7. The lowest BCUT2D eigenvalue weighted by Gasteiger charge is -2.34. The van der Waals surface area contributed by atoms with Crippen molar-refractivity contribution < 1.29 is 17.6 Å². The molecule has 1 heterocycles. The number of hydrogen-bond donors (Lipinski definition) is 2. The molecule has 3 aromatic rings. The average molecular weight is 472 g/mol. The molecule has 1 amide bonds. The molecule has 0 bridgehead atoms. The van der Waals surface area contributed by atoms with Crippen LogP contribution in [0.4, 0.5) is 0 Å². The van der Waals surface area contributed by atoms with Gasteiger partial charge in [0.05, 0.1) is 10.4 Å². The molecule has 1 saturated carbocycles. The van der Waals surface area contributed by atoms with Crippen LogP contribution in [0.15, 0.2) is 62.6 Å². The maximum absolute atomic E-state index is 12.7. The van der Waals surface area contributed by atoms with Gasteiger partial charge in [0, 0.05) is 18.7 Å². The van der Waals surface area contributed by atoms with Crippen molar-refractivity contribution in [3.05, 3.63) is 64.6 Å². The van der Waals surface area contributed by atoms with Gasteiger partial charge in [0.1, 0.15) is 6.54 Å². The van der Waals surface area contributed by atoms with Crippen LogP contribution in [0.2, 0.25) is 0 Å². The second kappa shape index (κ2) is 9.52. The van der Waals surface area contributed by atoms with Crippen molar-refractivity contribution in [2.24, 2.45) is 11.8 Å². The van der Waals surface area contributed by atoms with Crippen molar-refractivity contribution in [3.63, 3.8) is 0 Å². The van der Waals surface area contributed by atoms with E-state index < -0.39 is 15.8 Å². The van der Waals surface area contributed by atoms with Crippen molar-refractivity contribution in [2.45, 2.75) is 57.1 Å². The second-order valence-corrected chi connectivity index (χ2v) is 10.6. The molecule has 4 rings (SSSR count). The predicted octanol–water partition coefficient (Wildman–Crippen LogP) is 3.01. The van der Waals surface area contributed by atoms with E-state index in [-0.39, 0.29) is 35.5 Å². The zero-order chi connectivity index (χ0) is 23.6. The molecule has 0 aliphatic heterocycles. The highest BCUT2D eigenvalue weighted by molar-refractivity contribution is 7.89. The summed E-state index contributed by atoms with van der Waals surface area (Å²) in [6.07, 6.45) is 3.15. The minimum atomic E-state index is -3.81. The van der Waals surface area contributed by atoms with Crippen LogP contribution < -0.4 is 15.8 Å². The number of amides is 1. The molecule has 1 fully saturated rings. The summed E-state index contributed by atoms with van der Waals surface area (Å²) in [6.45, 7) is 4.30. The monoisotopic (exact) mass is 471 g/mol. The number of benzene rings is 2. The third kappa shape index (κ3) is 5.20. The van der Waals surface area contributed by atoms with Crippen LogP contribution >= 0.6 is 0 Å². The van der Waals surface area contributed by atoms with E-state index in [4.69, 9.17) is 4.42 Å². The van der Waals surface area contributed by atoms with Crippen molar-refractivity contribution in [1.82, 2.24) is 14.6 Å². The van der Waals surface area contributed by atoms with Crippen LogP contribution in [-0.4, -0.2) is 24.9 Å². The van der Waals surface area contributed by atoms with Gasteiger partial charge in [0.25, 0.3) is 0 Å². The Morgan fingerprint density at radius 1 is 1.12 bits per heavy atom. The molecule has 0 radical (unpaired) electrons. The molecular formula is C24H29N3O5S. The first-order valence-electron chi connectivity index (χ1n) is 11.2. The molecule has 0 spiro atoms. The van der Waals surface area contributed by atoms with E-state index in [0.29, 0.717) is 17.4 Å². The molecule has 176 valence electrons. The SMILES string of the molecule is C[C@H]1[C@H](C)CCC[C@@H]1NC(=O)Cn1c(=O)oc2cc(S(=O)(=O)NCc3ccccc3)ccc21. The number of carbonyl (C=O) groups excluding carboxylic acids is 1. The lowest BCUT2D eigenvalue weighted by atomic mass is 9.78. The van der Waals surface area contributed by atoms with Gasteiger partial charge in [-0.05, 0) is 36.0 Å². The number of oxazole rings is 1. The van der Waals surface area contributed by atoms with Crippen molar-refractivity contribution >= 4 is 27.0 Å². The quantitative estimate of drug-likeness (QED) is 0.550. The molecule has 3 atom stereocenters. The number of nitrogens with zero attached hydrogens (tertiary/aromatic N) is 1. The Morgan fingerprint density at radius 2 is 1.88 bits per heavy atom. The number of hydrogen-bond acceptors (Lipinski definition) is 5. The summed E-state index contributed by atoms with van der Waals surface area (Å²) < 4.78 is 34.4. The summed E-state index contributed by atoms with van der Waals surface area (Å²) in [5, 5.41) is 3.05. The molecule has 2 N–H and O–H groups in total. The van der Waals surface area contributed by atoms with E-state index in [1.807, 2.05) is 30.3 Å². The fourth-order valence-corrected chi connectivity index (χ4v) is 5.44.